The van der Waals surface area contributed by atoms with Crippen LogP contribution in [0, 0.1) is 38.1 Å². The van der Waals surface area contributed by atoms with Gasteiger partial charge in [0.25, 0.3) is 31.9 Å². The molecule has 2 aromatic heterocycles. The zero-order valence-electron chi connectivity index (χ0n) is 46.6. The number of aliphatic hydroxyl groups is 2. The molecule has 23 heteroatoms. The molecule has 2 aromatic carbocycles. The number of rotatable bonds is 13. The van der Waals surface area contributed by atoms with Crippen molar-refractivity contribution in [3.8, 4) is 11.5 Å². The number of carbonyl (C=O) groups excluding carboxylic acids is 2. The zero-order chi connectivity index (χ0) is 57.9. The summed E-state index contributed by atoms with van der Waals surface area (Å²) in [5.41, 5.74) is -0.453. The van der Waals surface area contributed by atoms with Gasteiger partial charge in [-0.25, -0.2) is 19.4 Å². The van der Waals surface area contributed by atoms with Crippen LogP contribution in [0.1, 0.15) is 116 Å². The molecule has 0 unspecified atom stereocenters. The summed E-state index contributed by atoms with van der Waals surface area (Å²) in [6.45, 7) is 7.30. The molecule has 10 fully saturated rings. The Morgan fingerprint density at radius 1 is 0.578 bits per heavy atom. The first-order chi connectivity index (χ1) is 39.7. The average Bonchev–Trinajstić information content (AvgIpc) is 4.40. The number of fused-ring (bicyclic) bond motifs is 2. The maximum atomic E-state index is 13.4. The second-order valence-corrected chi connectivity index (χ2v) is 30.7. The van der Waals surface area contributed by atoms with E-state index in [4.69, 9.17) is 32.7 Å². The second kappa shape index (κ2) is 23.5. The normalized spacial score (nSPS) is 27.4. The van der Waals surface area contributed by atoms with E-state index >= 15 is 0 Å². The van der Waals surface area contributed by atoms with Crippen LogP contribution >= 0.6 is 45.8 Å². The van der Waals surface area contributed by atoms with E-state index in [0.29, 0.717) is 89.2 Å². The van der Waals surface area contributed by atoms with E-state index in [9.17, 15) is 36.6 Å². The molecule has 4 aromatic rings. The molecule has 6 saturated carbocycles. The van der Waals surface area contributed by atoms with Gasteiger partial charge in [-0.1, -0.05) is 73.9 Å². The van der Waals surface area contributed by atoms with E-state index in [1.807, 2.05) is 21.9 Å². The van der Waals surface area contributed by atoms with E-state index < -0.39 is 43.1 Å². The van der Waals surface area contributed by atoms with Gasteiger partial charge in [0.05, 0.1) is 21.5 Å². The largest absolute Gasteiger partial charge is 0.476 e. The minimum absolute atomic E-state index is 0.185. The predicted molar refractivity (Wildman–Crippen MR) is 325 cm³/mol. The molecule has 2 spiro atoms. The van der Waals surface area contributed by atoms with Crippen LogP contribution in [0.3, 0.4) is 0 Å². The molecule has 0 radical (unpaired) electrons. The lowest BCUT2D eigenvalue weighted by Crippen LogP contribution is -2.57. The summed E-state index contributed by atoms with van der Waals surface area (Å²) < 4.78 is 69.9. The Morgan fingerprint density at radius 2 is 1.04 bits per heavy atom. The van der Waals surface area contributed by atoms with Crippen LogP contribution in [0.25, 0.3) is 0 Å². The van der Waals surface area contributed by atoms with Crippen LogP contribution in [0.15, 0.2) is 82.8 Å². The molecule has 448 valence electrons. The van der Waals surface area contributed by atoms with Crippen LogP contribution in [0.5, 0.6) is 11.5 Å². The van der Waals surface area contributed by atoms with Gasteiger partial charge in [0.2, 0.25) is 0 Å². The highest BCUT2D eigenvalue weighted by atomic mass is 127. The lowest BCUT2D eigenvalue weighted by Gasteiger charge is -2.53. The number of benzene rings is 2. The summed E-state index contributed by atoms with van der Waals surface area (Å²) in [5.74, 6) is 1.75. The Balaban J connectivity index is 0.000000144. The quantitative estimate of drug-likeness (QED) is 0.0789. The van der Waals surface area contributed by atoms with Crippen molar-refractivity contribution in [3.63, 3.8) is 0 Å². The summed E-state index contributed by atoms with van der Waals surface area (Å²) in [6.07, 6.45) is 18.4. The number of halogens is 3. The van der Waals surface area contributed by atoms with Crippen molar-refractivity contribution >= 4 is 95.0 Å². The monoisotopic (exact) mass is 1330 g/mol. The molecule has 4 saturated heterocycles. The lowest BCUT2D eigenvalue weighted by molar-refractivity contribution is -0.128. The SMILES string of the molecule is C1CCC2(CC1)CNC2.O=C(NS(=O)(=O)c1cccc(N2C[C@H]3CC[C@@H](O)[C@H]3C2)n1)C1(Oc2cc(Cl)ccc2I)CC1.O=C(NS(=O)(=O)c1cccc(N2C[C@H]3CC[C@@H](O)[C@H]3C2)n1)C1(Oc2cc(Cl)ccc2N2CC3(CCCCC3)C2)CC1. The van der Waals surface area contributed by atoms with Crippen molar-refractivity contribution in [2.45, 2.75) is 149 Å². The van der Waals surface area contributed by atoms with Crippen molar-refractivity contribution in [3.05, 3.63) is 86.4 Å². The first kappa shape index (κ1) is 59.1. The maximum Gasteiger partial charge on any atom is 0.281 e. The fraction of sp³-hybridized carbons (Fsp3) is 0.600. The van der Waals surface area contributed by atoms with Gasteiger partial charge in [0.1, 0.15) is 23.1 Å². The molecule has 14 rings (SSSR count). The van der Waals surface area contributed by atoms with Gasteiger partial charge < -0.3 is 39.7 Å². The molecule has 0 bridgehead atoms. The topological polar surface area (TPSA) is 233 Å². The van der Waals surface area contributed by atoms with Gasteiger partial charge in [-0.2, -0.15) is 16.8 Å². The number of pyridine rings is 2. The minimum Gasteiger partial charge on any atom is -0.476 e. The smallest absolute Gasteiger partial charge is 0.281 e. The predicted octanol–water partition coefficient (Wildman–Crippen LogP) is 8.63. The lowest BCUT2D eigenvalue weighted by atomic mass is 9.68. The van der Waals surface area contributed by atoms with Gasteiger partial charge >= 0.3 is 0 Å². The van der Waals surface area contributed by atoms with Crippen LogP contribution in [-0.4, -0.2) is 125 Å². The van der Waals surface area contributed by atoms with Gasteiger partial charge in [-0.05, 0) is 146 Å². The Hall–Kier alpha value is -4.23. The van der Waals surface area contributed by atoms with Crippen LogP contribution in [-0.2, 0) is 29.6 Å². The molecule has 18 nitrogen and oxygen atoms in total. The second-order valence-electron chi connectivity index (χ2n) is 25.4. The Bertz CT molecular complexity index is 3310. The van der Waals surface area contributed by atoms with Crippen molar-refractivity contribution in [2.75, 3.05) is 67.1 Å². The summed E-state index contributed by atoms with van der Waals surface area (Å²) in [7, 11) is -8.42. The summed E-state index contributed by atoms with van der Waals surface area (Å²) in [6, 6.07) is 20.1. The number of carbonyl (C=O) groups is 2. The van der Waals surface area contributed by atoms with E-state index in [1.165, 1.54) is 89.4 Å². The fourth-order valence-corrected chi connectivity index (χ4v) is 17.1. The fourth-order valence-electron chi connectivity index (χ4n) is 14.3. The van der Waals surface area contributed by atoms with Crippen LogP contribution in [0.2, 0.25) is 10.0 Å². The molecular weight excluding hydrogens is 1250 g/mol. The van der Waals surface area contributed by atoms with Crippen LogP contribution in [0.4, 0.5) is 17.3 Å². The van der Waals surface area contributed by atoms with Gasteiger partial charge in [0.15, 0.2) is 21.3 Å². The molecule has 6 heterocycles. The van der Waals surface area contributed by atoms with Crippen LogP contribution < -0.4 is 38.9 Å². The highest BCUT2D eigenvalue weighted by molar-refractivity contribution is 14.1. The number of aromatic nitrogens is 2. The van der Waals surface area contributed by atoms with Gasteiger partial charge in [-0.15, -0.1) is 0 Å². The van der Waals surface area contributed by atoms with E-state index in [0.717, 1.165) is 66.5 Å². The highest BCUT2D eigenvalue weighted by Crippen LogP contribution is 2.51. The number of hydrogen-bond acceptors (Lipinski definition) is 16. The third-order valence-electron chi connectivity index (χ3n) is 19.6. The van der Waals surface area contributed by atoms with Gasteiger partial charge in [0, 0.05) is 111 Å². The first-order valence-corrected chi connectivity index (χ1v) is 34.6. The number of nitrogens with zero attached hydrogens (tertiary/aromatic N) is 5. The standard InChI is InChI=1S/C30H37ClN4O5S.C22H23ClIN3O5S.C8H15N/c31-21-8-9-23(35-18-29(19-35)11-2-1-3-12-29)25(15-21)40-30(13-14-30)28(37)33-41(38,39)27-6-4-5-26(32-27)34-16-20-7-10-24(36)22(20)17-34;23-14-5-6-16(24)18(10-14)32-22(8-9-22)21(29)26-33(30,31)20-3-1-2-19(25-20)27-11-13-4-7-17(28)15(13)12-27;1-2-4-8(5-3-1)6-9-7-8/h4-6,8-9,15,20,22,24,36H,1-3,7,10-14,16-19H2,(H,33,37);1-3,5-6,10,13,15,17,28H,4,7-9,11-12H2,(H,26,29);9H,1-7H2/t20-,22+,24-;13-,15+,17-;/m11./s1. The molecule has 6 aliphatic carbocycles. The highest BCUT2D eigenvalue weighted by Gasteiger charge is 2.56. The van der Waals surface area contributed by atoms with E-state index in [-0.39, 0.29) is 34.1 Å². The van der Waals surface area contributed by atoms with E-state index in [2.05, 4.69) is 52.2 Å². The molecule has 83 heavy (non-hydrogen) atoms. The number of sulfonamides is 2. The number of ether oxygens (including phenoxy) is 2. The summed E-state index contributed by atoms with van der Waals surface area (Å²) in [5, 5.41) is 24.3. The number of anilines is 3. The number of nitrogens with one attached hydrogen (secondary N) is 3. The zero-order valence-corrected chi connectivity index (χ0v) is 51.9. The van der Waals surface area contributed by atoms with Crippen molar-refractivity contribution < 1.29 is 46.1 Å². The third kappa shape index (κ3) is 12.7. The first-order valence-electron chi connectivity index (χ1n) is 29.8. The third-order valence-corrected chi connectivity index (χ3v) is 23.4. The minimum atomic E-state index is -4.23. The van der Waals surface area contributed by atoms with Crippen molar-refractivity contribution in [1.29, 1.82) is 0 Å². The summed E-state index contributed by atoms with van der Waals surface area (Å²) >= 11 is 14.4. The molecular formula is C60H75Cl2IN8O10S2. The molecule has 4 aliphatic heterocycles. The van der Waals surface area contributed by atoms with Gasteiger partial charge in [-0.3, -0.25) is 9.59 Å². The van der Waals surface area contributed by atoms with Crippen molar-refractivity contribution in [1.82, 2.24) is 24.7 Å². The summed E-state index contributed by atoms with van der Waals surface area (Å²) in [4.78, 5) is 41.3. The van der Waals surface area contributed by atoms with E-state index in [1.54, 1.807) is 48.5 Å². The Labute approximate surface area is 510 Å². The maximum absolute atomic E-state index is 13.4. The molecule has 2 amide bonds. The number of hydrogen-bond donors (Lipinski definition) is 5. The molecule has 10 aliphatic rings. The Kier molecular flexibility index (Phi) is 16.7. The molecule has 6 atom stereocenters. The number of amides is 2. The van der Waals surface area contributed by atoms with Crippen molar-refractivity contribution in [2.24, 2.45) is 34.5 Å². The number of aliphatic hydroxyl groups excluding tert-OH is 2. The molecule has 5 N–H and O–H groups in total. The Morgan fingerprint density at radius 3 is 1.48 bits per heavy atom. The average molecular weight is 1330 g/mol.